The van der Waals surface area contributed by atoms with E-state index in [1.807, 2.05) is 58.6 Å². The van der Waals surface area contributed by atoms with Crippen LogP contribution in [0.3, 0.4) is 0 Å². The van der Waals surface area contributed by atoms with Crippen molar-refractivity contribution >= 4 is 23.5 Å². The van der Waals surface area contributed by atoms with Crippen molar-refractivity contribution in [3.05, 3.63) is 34.9 Å². The molecule has 15 nitrogen and oxygen atoms in total. The SMILES string of the molecule is CC[C@@H]1OC(=O)[C@H](C)[C@@H](O[C@H]2C[C@@](C)(OC)[C@@H](O)[C@H](C)O2)[C@H](C)[C@@H](O[C@@H]2O[C@H](C)C[C@H](N(C)C)[C@H]2O)[C@@](C)(O)C[C@@H](C)CN(C)[C@@H](C)[C@@H](OC(=O)c2ccc(Cl)cc2)[C@]1(C)O. The Morgan fingerprint density at radius 2 is 1.59 bits per heavy atom. The summed E-state index contributed by atoms with van der Waals surface area (Å²) in [6.07, 6.45) is -8.74. The fourth-order valence-corrected chi connectivity index (χ4v) is 9.83. The van der Waals surface area contributed by atoms with Gasteiger partial charge in [-0.05, 0) is 119 Å². The topological polar surface area (TPSA) is 186 Å². The summed E-state index contributed by atoms with van der Waals surface area (Å²) in [6.45, 7) is 17.9. The molecule has 0 unspecified atom stereocenters. The van der Waals surface area contributed by atoms with Gasteiger partial charge in [0.15, 0.2) is 12.6 Å². The Morgan fingerprint density at radius 3 is 2.16 bits per heavy atom. The minimum atomic E-state index is -1.91. The number of carbonyl (C=O) groups is 2. The quantitative estimate of drug-likeness (QED) is 0.255. The number of likely N-dealkylation sites (N-methyl/N-ethyl adjacent to an activating group) is 2. The molecule has 0 spiro atoms. The fourth-order valence-electron chi connectivity index (χ4n) is 9.71. The zero-order valence-electron chi connectivity index (χ0n) is 38.7. The Hall–Kier alpha value is -1.99. The second kappa shape index (κ2) is 20.9. The van der Waals surface area contributed by atoms with Crippen molar-refractivity contribution in [3.63, 3.8) is 0 Å². The zero-order chi connectivity index (χ0) is 45.9. The number of cyclic esters (lactones) is 1. The molecule has 350 valence electrons. The highest BCUT2D eigenvalue weighted by Gasteiger charge is 2.53. The molecule has 0 amide bonds. The number of ether oxygens (including phenoxy) is 7. The van der Waals surface area contributed by atoms with Gasteiger partial charge in [0.1, 0.15) is 30.0 Å². The number of methoxy groups -OCH3 is 1. The van der Waals surface area contributed by atoms with E-state index in [2.05, 4.69) is 0 Å². The van der Waals surface area contributed by atoms with Crippen molar-refractivity contribution in [3.8, 4) is 0 Å². The van der Waals surface area contributed by atoms with E-state index in [4.69, 9.17) is 44.8 Å². The summed E-state index contributed by atoms with van der Waals surface area (Å²) in [6, 6.07) is 5.29. The summed E-state index contributed by atoms with van der Waals surface area (Å²) in [7, 11) is 7.10. The van der Waals surface area contributed by atoms with Gasteiger partial charge >= 0.3 is 11.9 Å². The third-order valence-corrected chi connectivity index (χ3v) is 13.7. The van der Waals surface area contributed by atoms with Gasteiger partial charge in [-0.25, -0.2) is 4.79 Å². The number of rotatable bonds is 9. The second-order valence-corrected chi connectivity index (χ2v) is 19.5. The number of hydrogen-bond acceptors (Lipinski definition) is 15. The lowest BCUT2D eigenvalue weighted by Gasteiger charge is -2.48. The number of aliphatic hydroxyl groups is 4. The van der Waals surface area contributed by atoms with Crippen molar-refractivity contribution in [1.82, 2.24) is 9.80 Å². The lowest BCUT2D eigenvalue weighted by Crippen LogP contribution is -2.61. The van der Waals surface area contributed by atoms with Gasteiger partial charge in [-0.15, -0.1) is 0 Å². The van der Waals surface area contributed by atoms with Crippen LogP contribution in [-0.2, 0) is 38.0 Å². The van der Waals surface area contributed by atoms with Crippen LogP contribution in [0.2, 0.25) is 5.02 Å². The first-order valence-electron chi connectivity index (χ1n) is 21.8. The van der Waals surface area contributed by atoms with Crippen LogP contribution in [0.25, 0.3) is 0 Å². The van der Waals surface area contributed by atoms with Gasteiger partial charge in [0, 0.05) is 43.1 Å². The molecule has 4 rings (SSSR count). The average molecular weight is 888 g/mol. The zero-order valence-corrected chi connectivity index (χ0v) is 39.5. The maximum atomic E-state index is 14.6. The fraction of sp³-hybridized carbons (Fsp3) is 0.822. The maximum absolute atomic E-state index is 14.6. The van der Waals surface area contributed by atoms with E-state index >= 15 is 0 Å². The van der Waals surface area contributed by atoms with Crippen molar-refractivity contribution in [1.29, 1.82) is 0 Å². The highest BCUT2D eigenvalue weighted by atomic mass is 35.5. The molecular weight excluding hydrogens is 812 g/mol. The van der Waals surface area contributed by atoms with Crippen molar-refractivity contribution in [2.45, 2.75) is 185 Å². The van der Waals surface area contributed by atoms with Crippen molar-refractivity contribution in [2.24, 2.45) is 17.8 Å². The third-order valence-electron chi connectivity index (χ3n) is 13.5. The number of aliphatic hydroxyl groups excluding tert-OH is 2. The summed E-state index contributed by atoms with van der Waals surface area (Å²) in [5.74, 6) is -3.53. The minimum Gasteiger partial charge on any atom is -0.459 e. The van der Waals surface area contributed by atoms with Gasteiger partial charge in [-0.2, -0.15) is 0 Å². The third kappa shape index (κ3) is 12.0. The summed E-state index contributed by atoms with van der Waals surface area (Å²) in [5.41, 5.74) is -4.36. The predicted octanol–water partition coefficient (Wildman–Crippen LogP) is 4.42. The van der Waals surface area contributed by atoms with Crippen LogP contribution in [0, 0.1) is 17.8 Å². The van der Waals surface area contributed by atoms with Gasteiger partial charge in [0.05, 0.1) is 47.1 Å². The molecule has 0 aromatic heterocycles. The molecule has 1 aromatic carbocycles. The van der Waals surface area contributed by atoms with E-state index in [1.54, 1.807) is 46.8 Å². The number of hydrogen-bond donors (Lipinski definition) is 4. The van der Waals surface area contributed by atoms with Crippen LogP contribution >= 0.6 is 11.6 Å². The molecule has 3 fully saturated rings. The molecule has 3 heterocycles. The monoisotopic (exact) mass is 886 g/mol. The number of benzene rings is 1. The van der Waals surface area contributed by atoms with Crippen LogP contribution < -0.4 is 0 Å². The van der Waals surface area contributed by atoms with E-state index in [9.17, 15) is 30.0 Å². The standard InChI is InChI=1S/C45H75ClN2O13/c1-15-33-45(10,54)39(60-41(52)30-16-18-31(46)19-17-30)28(6)48(13)23-24(2)21-43(8,53)38(61-42-35(49)32(47(11)12)20-25(3)56-42)26(4)36(27(5)40(51)58-33)59-34-22-44(9,55-14)37(50)29(7)57-34/h16-19,24-29,32-39,42,49-50,53-54H,15,20-23H2,1-14H3/t24-,25-,26+,27-,28+,29+,32+,33+,34+,35-,36+,37+,38-,39-,42+,43+,44-,45-/m1/s1. The Labute approximate surface area is 368 Å². The van der Waals surface area contributed by atoms with Gasteiger partial charge in [-0.3, -0.25) is 9.69 Å². The normalized spacial score (nSPS) is 43.9. The first kappa shape index (κ1) is 51.6. The van der Waals surface area contributed by atoms with Crippen LogP contribution in [0.15, 0.2) is 24.3 Å². The van der Waals surface area contributed by atoms with E-state index in [0.29, 0.717) is 18.0 Å². The Balaban J connectivity index is 1.84. The van der Waals surface area contributed by atoms with E-state index in [0.717, 1.165) is 0 Å². The van der Waals surface area contributed by atoms with Crippen LogP contribution in [0.5, 0.6) is 0 Å². The molecule has 16 heteroatoms. The Kier molecular flexibility index (Phi) is 17.7. The van der Waals surface area contributed by atoms with Crippen molar-refractivity contribution < 1.29 is 63.2 Å². The summed E-state index contributed by atoms with van der Waals surface area (Å²) >= 11 is 6.10. The van der Waals surface area contributed by atoms with E-state index < -0.39 is 102 Å². The largest absolute Gasteiger partial charge is 0.459 e. The van der Waals surface area contributed by atoms with Crippen LogP contribution in [-0.4, -0.2) is 167 Å². The summed E-state index contributed by atoms with van der Waals surface area (Å²) in [5, 5.41) is 48.4. The molecule has 61 heavy (non-hydrogen) atoms. The highest BCUT2D eigenvalue weighted by molar-refractivity contribution is 6.30. The first-order chi connectivity index (χ1) is 28.3. The maximum Gasteiger partial charge on any atom is 0.338 e. The summed E-state index contributed by atoms with van der Waals surface area (Å²) in [4.78, 5) is 32.2. The molecule has 3 aliphatic rings. The molecule has 3 saturated heterocycles. The number of esters is 2. The molecule has 0 saturated carbocycles. The second-order valence-electron chi connectivity index (χ2n) is 19.1. The highest BCUT2D eigenvalue weighted by Crippen LogP contribution is 2.40. The van der Waals surface area contributed by atoms with Gasteiger partial charge < -0.3 is 58.5 Å². The molecule has 1 aromatic rings. The van der Waals surface area contributed by atoms with Crippen LogP contribution in [0.1, 0.15) is 105 Å². The number of halogens is 1. The van der Waals surface area contributed by atoms with Crippen molar-refractivity contribution in [2.75, 3.05) is 34.8 Å². The molecule has 0 radical (unpaired) electrons. The molecule has 0 aliphatic carbocycles. The lowest BCUT2D eigenvalue weighted by atomic mass is 9.77. The molecular formula is C45H75ClN2O13. The van der Waals surface area contributed by atoms with E-state index in [-0.39, 0.29) is 42.9 Å². The first-order valence-corrected chi connectivity index (χ1v) is 22.2. The number of carbonyl (C=O) groups excluding carboxylic acids is 2. The molecule has 0 bridgehead atoms. The number of nitrogens with zero attached hydrogens (tertiary/aromatic N) is 2. The summed E-state index contributed by atoms with van der Waals surface area (Å²) < 4.78 is 44.2. The average Bonchev–Trinajstić information content (AvgIpc) is 3.18. The smallest absolute Gasteiger partial charge is 0.338 e. The molecule has 18 atom stereocenters. The Bertz CT molecular complexity index is 1580. The lowest BCUT2D eigenvalue weighted by molar-refractivity contribution is -0.318. The molecule has 3 aliphatic heterocycles. The Morgan fingerprint density at radius 1 is 0.967 bits per heavy atom. The van der Waals surface area contributed by atoms with Gasteiger partial charge in [-0.1, -0.05) is 32.4 Å². The van der Waals surface area contributed by atoms with Gasteiger partial charge in [0.2, 0.25) is 0 Å². The van der Waals surface area contributed by atoms with E-state index in [1.165, 1.54) is 26.2 Å². The van der Waals surface area contributed by atoms with Gasteiger partial charge in [0.25, 0.3) is 0 Å². The van der Waals surface area contributed by atoms with Crippen LogP contribution in [0.4, 0.5) is 0 Å². The minimum absolute atomic E-state index is 0.0998. The predicted molar refractivity (Wildman–Crippen MR) is 229 cm³/mol. The molecule has 4 N–H and O–H groups in total.